The smallest absolute Gasteiger partial charge is 0.129 e. The minimum absolute atomic E-state index is 0.488. The molecule has 0 aliphatic carbocycles. The summed E-state index contributed by atoms with van der Waals surface area (Å²) in [6.07, 6.45) is 3.30. The Morgan fingerprint density at radius 3 is 2.20 bits per heavy atom. The van der Waals surface area contributed by atoms with Crippen molar-refractivity contribution in [2.45, 2.75) is 39.9 Å². The van der Waals surface area contributed by atoms with Gasteiger partial charge in [-0.2, -0.15) is 0 Å². The minimum atomic E-state index is -1.20. The molecule has 0 aliphatic heterocycles. The highest BCUT2D eigenvalue weighted by molar-refractivity contribution is 9.28. The van der Waals surface area contributed by atoms with Crippen molar-refractivity contribution in [1.82, 2.24) is 0 Å². The van der Waals surface area contributed by atoms with Gasteiger partial charge in [-0.05, 0) is 44.2 Å². The molecule has 0 N–H and O–H groups in total. The van der Waals surface area contributed by atoms with Crippen LogP contribution in [0.5, 0.6) is 0 Å². The molecule has 0 nitrogen and oxygen atoms in total. The zero-order valence-electron chi connectivity index (χ0n) is 10.2. The monoisotopic (exact) mass is 350 g/mol. The summed E-state index contributed by atoms with van der Waals surface area (Å²) in [4.78, 5) is 0. The third-order valence-corrected chi connectivity index (χ3v) is 3.25. The molecule has 0 heterocycles. The van der Waals surface area contributed by atoms with Crippen molar-refractivity contribution < 1.29 is 0 Å². The SMILES string of the molecule is C[C@@H](C#C[Si](C)(C)C)C[C@@H](C)C=C(Br)Br. The molecule has 0 saturated heterocycles. The number of hydrogen-bond acceptors (Lipinski definition) is 0. The van der Waals surface area contributed by atoms with Crippen LogP contribution in [0.4, 0.5) is 0 Å². The molecule has 0 aromatic heterocycles. The highest BCUT2D eigenvalue weighted by Crippen LogP contribution is 2.20. The molecule has 2 atom stereocenters. The van der Waals surface area contributed by atoms with Crippen molar-refractivity contribution >= 4 is 39.9 Å². The van der Waals surface area contributed by atoms with Gasteiger partial charge in [-0.1, -0.05) is 39.6 Å². The molecule has 0 aromatic rings. The van der Waals surface area contributed by atoms with Gasteiger partial charge < -0.3 is 0 Å². The number of hydrogen-bond donors (Lipinski definition) is 0. The summed E-state index contributed by atoms with van der Waals surface area (Å²) in [5.41, 5.74) is 3.43. The summed E-state index contributed by atoms with van der Waals surface area (Å²) in [6.45, 7) is 11.3. The van der Waals surface area contributed by atoms with Crippen LogP contribution in [0.15, 0.2) is 9.47 Å². The van der Waals surface area contributed by atoms with Gasteiger partial charge in [0.05, 0.1) is 3.39 Å². The van der Waals surface area contributed by atoms with Gasteiger partial charge >= 0.3 is 0 Å². The first kappa shape index (κ1) is 15.5. The van der Waals surface area contributed by atoms with Gasteiger partial charge in [0.25, 0.3) is 0 Å². The third-order valence-electron chi connectivity index (χ3n) is 1.83. The van der Waals surface area contributed by atoms with Crippen LogP contribution in [0.3, 0.4) is 0 Å². The van der Waals surface area contributed by atoms with E-state index in [4.69, 9.17) is 0 Å². The molecule has 0 fully saturated rings. The predicted octanol–water partition coefficient (Wildman–Crippen LogP) is 5.16. The summed E-state index contributed by atoms with van der Waals surface area (Å²) < 4.78 is 1.04. The lowest BCUT2D eigenvalue weighted by Crippen LogP contribution is -2.17. The molecule has 3 heteroatoms. The quantitative estimate of drug-likeness (QED) is 0.486. The van der Waals surface area contributed by atoms with E-state index in [1.54, 1.807) is 0 Å². The molecule has 15 heavy (non-hydrogen) atoms. The average Bonchev–Trinajstić information content (AvgIpc) is 1.97. The lowest BCUT2D eigenvalue weighted by Gasteiger charge is -2.10. The van der Waals surface area contributed by atoms with E-state index >= 15 is 0 Å². The van der Waals surface area contributed by atoms with Crippen molar-refractivity contribution in [2.24, 2.45) is 11.8 Å². The number of rotatable bonds is 3. The van der Waals surface area contributed by atoms with Gasteiger partial charge in [-0.25, -0.2) is 0 Å². The Morgan fingerprint density at radius 1 is 1.27 bits per heavy atom. The third kappa shape index (κ3) is 10.8. The summed E-state index contributed by atoms with van der Waals surface area (Å²) >= 11 is 6.77. The van der Waals surface area contributed by atoms with Crippen LogP contribution in [0.2, 0.25) is 19.6 Å². The molecule has 0 aliphatic rings. The topological polar surface area (TPSA) is 0 Å². The van der Waals surface area contributed by atoms with Crippen molar-refractivity contribution in [1.29, 1.82) is 0 Å². The van der Waals surface area contributed by atoms with Gasteiger partial charge in [-0.3, -0.25) is 0 Å². The molecule has 0 unspecified atom stereocenters. The van der Waals surface area contributed by atoms with Crippen LogP contribution in [-0.2, 0) is 0 Å². The maximum atomic E-state index is 3.43. The van der Waals surface area contributed by atoms with E-state index in [1.165, 1.54) is 0 Å². The fourth-order valence-corrected chi connectivity index (χ4v) is 2.82. The van der Waals surface area contributed by atoms with Crippen LogP contribution >= 0.6 is 31.9 Å². The maximum absolute atomic E-state index is 3.43. The highest BCUT2D eigenvalue weighted by Gasteiger charge is 2.09. The van der Waals surface area contributed by atoms with E-state index in [-0.39, 0.29) is 0 Å². The summed E-state index contributed by atoms with van der Waals surface area (Å²) in [5, 5.41) is 0. The number of allylic oxidation sites excluding steroid dienone is 1. The van der Waals surface area contributed by atoms with Crippen LogP contribution in [-0.4, -0.2) is 8.07 Å². The maximum Gasteiger partial charge on any atom is 0.129 e. The van der Waals surface area contributed by atoms with Gasteiger partial charge in [0.1, 0.15) is 8.07 Å². The Hall–Kier alpha value is 0.477. The van der Waals surface area contributed by atoms with E-state index < -0.39 is 8.07 Å². The van der Waals surface area contributed by atoms with Crippen LogP contribution in [0, 0.1) is 23.3 Å². The standard InChI is InChI=1S/C12H20Br2Si/c1-10(6-7-15(3,4)5)8-11(2)9-12(13)14/h9-11H,8H2,1-5H3/t10-,11+/m0/s1. The molecular weight excluding hydrogens is 332 g/mol. The minimum Gasteiger partial charge on any atom is -0.132 e. The lowest BCUT2D eigenvalue weighted by atomic mass is 9.98. The van der Waals surface area contributed by atoms with E-state index in [0.29, 0.717) is 11.8 Å². The molecule has 0 saturated carbocycles. The molecule has 0 spiro atoms. The van der Waals surface area contributed by atoms with Crippen LogP contribution in [0.25, 0.3) is 0 Å². The van der Waals surface area contributed by atoms with Gasteiger partial charge in [0, 0.05) is 5.92 Å². The van der Waals surface area contributed by atoms with Crippen molar-refractivity contribution in [2.75, 3.05) is 0 Å². The molecule has 0 radical (unpaired) electrons. The molecule has 86 valence electrons. The van der Waals surface area contributed by atoms with Crippen molar-refractivity contribution in [3.05, 3.63) is 9.47 Å². The fraction of sp³-hybridized carbons (Fsp3) is 0.667. The Labute approximate surface area is 112 Å². The van der Waals surface area contributed by atoms with Gasteiger partial charge in [0.2, 0.25) is 0 Å². The summed E-state index contributed by atoms with van der Waals surface area (Å²) in [5.74, 6) is 4.43. The first-order chi connectivity index (χ1) is 6.70. The van der Waals surface area contributed by atoms with Gasteiger partial charge in [0.15, 0.2) is 0 Å². The summed E-state index contributed by atoms with van der Waals surface area (Å²) in [7, 11) is -1.20. The highest BCUT2D eigenvalue weighted by atomic mass is 79.9. The molecule has 0 amide bonds. The Bertz CT molecular complexity index is 274. The Balaban J connectivity index is 4.19. The summed E-state index contributed by atoms with van der Waals surface area (Å²) in [6, 6.07) is 0. The molecular formula is C12H20Br2Si. The zero-order valence-corrected chi connectivity index (χ0v) is 14.4. The van der Waals surface area contributed by atoms with E-state index in [2.05, 4.69) is 82.9 Å². The predicted molar refractivity (Wildman–Crippen MR) is 80.0 cm³/mol. The van der Waals surface area contributed by atoms with Crippen molar-refractivity contribution in [3.8, 4) is 11.5 Å². The van der Waals surface area contributed by atoms with Crippen molar-refractivity contribution in [3.63, 3.8) is 0 Å². The molecule has 0 aromatic carbocycles. The number of halogens is 2. The van der Waals surface area contributed by atoms with Crippen LogP contribution in [0.1, 0.15) is 20.3 Å². The second-order valence-electron chi connectivity index (χ2n) is 5.09. The fourth-order valence-electron chi connectivity index (χ4n) is 1.24. The van der Waals surface area contributed by atoms with E-state index in [0.717, 1.165) is 9.81 Å². The molecule has 0 bridgehead atoms. The first-order valence-corrected chi connectivity index (χ1v) is 10.3. The second kappa shape index (κ2) is 6.93. The Morgan fingerprint density at radius 2 is 1.80 bits per heavy atom. The first-order valence-electron chi connectivity index (χ1n) is 5.26. The normalized spacial score (nSPS) is 14.9. The van der Waals surface area contributed by atoms with Crippen LogP contribution < -0.4 is 0 Å². The molecule has 0 rings (SSSR count). The largest absolute Gasteiger partial charge is 0.132 e. The Kier molecular flexibility index (Phi) is 7.15. The second-order valence-corrected chi connectivity index (χ2v) is 12.6. The van der Waals surface area contributed by atoms with E-state index in [1.807, 2.05) is 0 Å². The lowest BCUT2D eigenvalue weighted by molar-refractivity contribution is 0.557. The average molecular weight is 352 g/mol. The van der Waals surface area contributed by atoms with Gasteiger partial charge in [-0.15, -0.1) is 11.5 Å². The van der Waals surface area contributed by atoms with E-state index in [9.17, 15) is 0 Å². The zero-order chi connectivity index (χ0) is 12.1.